The first-order chi connectivity index (χ1) is 19.7. The first-order valence-corrected chi connectivity index (χ1v) is 14.3. The van der Waals surface area contributed by atoms with E-state index in [0.717, 1.165) is 31.5 Å². The summed E-state index contributed by atoms with van der Waals surface area (Å²) < 4.78 is 6.12. The molecule has 0 unspecified atom stereocenters. The summed E-state index contributed by atoms with van der Waals surface area (Å²) >= 11 is 5.88. The standard InChI is InChI=1S/C28H38ClN9O4/c1-28(2,3)42-26(41)18(13-16-7-5-4-6-8-16)33-20(39)15-38-11-9-17(10-12-38)19(14-38)34-27(32)37-25(40)21-23(30)36-24(31)22(29)35-21/h4-8,17-19H,9-15H2,1-3H3,(H7-,30,31,32,33,34,36,37,39,40)/p+1/t17?,18-,19+,38?/m0/s1. The van der Waals surface area contributed by atoms with Crippen LogP contribution in [0.25, 0.3) is 0 Å². The molecule has 0 aliphatic carbocycles. The minimum atomic E-state index is -0.822. The summed E-state index contributed by atoms with van der Waals surface area (Å²) in [6.07, 6.45) is 2.03. The van der Waals surface area contributed by atoms with Crippen molar-refractivity contribution in [2.45, 2.75) is 57.7 Å². The third-order valence-corrected chi connectivity index (χ3v) is 7.80. The fourth-order valence-corrected chi connectivity index (χ4v) is 5.70. The number of nitrogens with one attached hydrogen (secondary N) is 2. The molecule has 13 nitrogen and oxygen atoms in total. The fraction of sp³-hybridized carbons (Fsp3) is 0.500. The van der Waals surface area contributed by atoms with Gasteiger partial charge in [-0.3, -0.25) is 14.9 Å². The van der Waals surface area contributed by atoms with Gasteiger partial charge in [0.25, 0.3) is 11.8 Å². The van der Waals surface area contributed by atoms with Crippen molar-refractivity contribution in [1.82, 2.24) is 20.6 Å². The predicted molar refractivity (Wildman–Crippen MR) is 159 cm³/mol. The van der Waals surface area contributed by atoms with E-state index in [1.807, 2.05) is 30.3 Å². The summed E-state index contributed by atoms with van der Waals surface area (Å²) in [6, 6.07) is 8.48. The van der Waals surface area contributed by atoms with Crippen LogP contribution in [0, 0.1) is 5.92 Å². The maximum atomic E-state index is 13.4. The highest BCUT2D eigenvalue weighted by atomic mass is 35.5. The van der Waals surface area contributed by atoms with Crippen molar-refractivity contribution in [2.75, 3.05) is 37.6 Å². The van der Waals surface area contributed by atoms with Crippen LogP contribution in [0.2, 0.25) is 5.15 Å². The van der Waals surface area contributed by atoms with Gasteiger partial charge in [0.2, 0.25) is 0 Å². The van der Waals surface area contributed by atoms with Crippen molar-refractivity contribution in [3.63, 3.8) is 0 Å². The molecule has 1 aromatic carbocycles. The van der Waals surface area contributed by atoms with Crippen LogP contribution in [0.4, 0.5) is 11.6 Å². The van der Waals surface area contributed by atoms with Gasteiger partial charge in [-0.15, -0.1) is 0 Å². The number of carbonyl (C=O) groups excluding carboxylic acids is 3. The van der Waals surface area contributed by atoms with Crippen LogP contribution in [0.15, 0.2) is 35.3 Å². The van der Waals surface area contributed by atoms with Gasteiger partial charge in [0.15, 0.2) is 35.0 Å². The number of fused-ring (bicyclic) bond motifs is 3. The Morgan fingerprint density at radius 1 is 1.12 bits per heavy atom. The Bertz CT molecular complexity index is 1360. The smallest absolute Gasteiger partial charge is 0.329 e. The molecule has 3 saturated heterocycles. The number of hydrogen-bond acceptors (Lipinski definition) is 9. The number of aliphatic imine (C=N–C) groups is 1. The number of amides is 2. The molecule has 3 fully saturated rings. The van der Waals surface area contributed by atoms with Crippen LogP contribution in [-0.2, 0) is 20.7 Å². The zero-order chi connectivity index (χ0) is 30.7. The van der Waals surface area contributed by atoms with Crippen molar-refractivity contribution < 1.29 is 23.6 Å². The van der Waals surface area contributed by atoms with Crippen molar-refractivity contribution >= 4 is 47.0 Å². The van der Waals surface area contributed by atoms with Crippen molar-refractivity contribution in [1.29, 1.82) is 0 Å². The van der Waals surface area contributed by atoms with E-state index in [1.165, 1.54) is 0 Å². The Morgan fingerprint density at radius 2 is 1.79 bits per heavy atom. The zero-order valence-corrected chi connectivity index (χ0v) is 24.9. The van der Waals surface area contributed by atoms with Crippen molar-refractivity contribution in [2.24, 2.45) is 16.6 Å². The number of aromatic nitrogens is 2. The summed E-state index contributed by atoms with van der Waals surface area (Å²) in [6.45, 7) is 7.76. The van der Waals surface area contributed by atoms with Crippen molar-refractivity contribution in [3.05, 3.63) is 46.7 Å². The van der Waals surface area contributed by atoms with E-state index in [9.17, 15) is 14.4 Å². The number of ether oxygens (including phenoxy) is 1. The molecule has 226 valence electrons. The van der Waals surface area contributed by atoms with Gasteiger partial charge < -0.3 is 31.7 Å². The molecule has 4 heterocycles. The summed E-state index contributed by atoms with van der Waals surface area (Å²) in [5.41, 5.74) is 17.5. The fourth-order valence-electron chi connectivity index (χ4n) is 5.57. The van der Waals surface area contributed by atoms with E-state index < -0.39 is 23.5 Å². The Morgan fingerprint density at radius 3 is 2.43 bits per heavy atom. The molecule has 5 rings (SSSR count). The molecule has 3 aliphatic heterocycles. The van der Waals surface area contributed by atoms with E-state index in [-0.39, 0.29) is 52.9 Å². The van der Waals surface area contributed by atoms with Crippen LogP contribution in [0.5, 0.6) is 0 Å². The second kappa shape index (κ2) is 12.5. The SMILES string of the molecule is CC(C)(C)OC(=O)[C@H](Cc1ccccc1)NC(=O)C[N+]12CCC(CC1)[C@H](N=C(N)NC(=O)c1nc(Cl)c(N)nc1N)C2. The number of rotatable bonds is 8. The maximum absolute atomic E-state index is 13.4. The Kier molecular flexibility index (Phi) is 9.21. The van der Waals surface area contributed by atoms with Gasteiger partial charge in [0.05, 0.1) is 13.1 Å². The zero-order valence-electron chi connectivity index (χ0n) is 24.1. The number of nitrogens with zero attached hydrogens (tertiary/aromatic N) is 4. The minimum Gasteiger partial charge on any atom is -0.458 e. The second-order valence-electron chi connectivity index (χ2n) is 12.0. The monoisotopic (exact) mass is 600 g/mol. The highest BCUT2D eigenvalue weighted by Crippen LogP contribution is 2.35. The number of esters is 1. The highest BCUT2D eigenvalue weighted by molar-refractivity contribution is 6.31. The van der Waals surface area contributed by atoms with Crippen LogP contribution < -0.4 is 27.8 Å². The molecule has 2 amide bonds. The Hall–Kier alpha value is -3.97. The molecule has 42 heavy (non-hydrogen) atoms. The number of halogens is 1. The lowest BCUT2D eigenvalue weighted by Crippen LogP contribution is -2.66. The summed E-state index contributed by atoms with van der Waals surface area (Å²) in [5, 5.41) is 5.28. The number of benzene rings is 1. The number of carbonyl (C=O) groups is 3. The summed E-state index contributed by atoms with van der Waals surface area (Å²) in [7, 11) is 0. The molecule has 2 aromatic rings. The van der Waals surface area contributed by atoms with Gasteiger partial charge in [0, 0.05) is 19.3 Å². The average Bonchev–Trinajstić information content (AvgIpc) is 2.90. The van der Waals surface area contributed by atoms with Gasteiger partial charge in [0.1, 0.15) is 24.2 Å². The number of anilines is 2. The first-order valence-electron chi connectivity index (χ1n) is 13.9. The third-order valence-electron chi connectivity index (χ3n) is 7.52. The lowest BCUT2D eigenvalue weighted by Gasteiger charge is -2.51. The molecular formula is C28H39ClN9O4+. The van der Waals surface area contributed by atoms with Crippen LogP contribution in [0.1, 0.15) is 49.7 Å². The molecule has 0 saturated carbocycles. The topological polar surface area (TPSA) is 201 Å². The molecule has 2 atom stereocenters. The quantitative estimate of drug-likeness (QED) is 0.127. The first kappa shape index (κ1) is 31.0. The normalized spacial score (nSPS) is 22.7. The number of hydrogen-bond donors (Lipinski definition) is 5. The molecule has 8 N–H and O–H groups in total. The average molecular weight is 601 g/mol. The molecule has 2 bridgehead atoms. The van der Waals surface area contributed by atoms with E-state index in [2.05, 4.69) is 25.6 Å². The predicted octanol–water partition coefficient (Wildman–Crippen LogP) is 1.02. The second-order valence-corrected chi connectivity index (χ2v) is 12.3. The largest absolute Gasteiger partial charge is 0.458 e. The molecule has 3 aliphatic rings. The van der Waals surface area contributed by atoms with Gasteiger partial charge in [-0.1, -0.05) is 41.9 Å². The lowest BCUT2D eigenvalue weighted by molar-refractivity contribution is -0.936. The summed E-state index contributed by atoms with van der Waals surface area (Å²) in [5.74, 6) is -1.52. The minimum absolute atomic E-state index is 0.0878. The van der Waals surface area contributed by atoms with E-state index in [4.69, 9.17) is 33.5 Å². The van der Waals surface area contributed by atoms with E-state index >= 15 is 0 Å². The number of piperidine rings is 3. The molecule has 1 aromatic heterocycles. The van der Waals surface area contributed by atoms with Gasteiger partial charge in [-0.25, -0.2) is 19.8 Å². The number of nitrogens with two attached hydrogens (primary N) is 3. The van der Waals surface area contributed by atoms with Crippen LogP contribution in [-0.4, -0.2) is 82.1 Å². The maximum Gasteiger partial charge on any atom is 0.329 e. The van der Waals surface area contributed by atoms with Crippen LogP contribution in [0.3, 0.4) is 0 Å². The summed E-state index contributed by atoms with van der Waals surface area (Å²) in [4.78, 5) is 51.4. The molecular weight excluding hydrogens is 562 g/mol. The Labute approximate surface area is 249 Å². The van der Waals surface area contributed by atoms with E-state index in [0.29, 0.717) is 17.4 Å². The molecule has 14 heteroatoms. The molecule has 0 spiro atoms. The van der Waals surface area contributed by atoms with Gasteiger partial charge >= 0.3 is 5.97 Å². The highest BCUT2D eigenvalue weighted by Gasteiger charge is 2.47. The lowest BCUT2D eigenvalue weighted by atomic mass is 9.82. The molecule has 0 radical (unpaired) electrons. The van der Waals surface area contributed by atoms with Crippen molar-refractivity contribution in [3.8, 4) is 0 Å². The van der Waals surface area contributed by atoms with Gasteiger partial charge in [-0.2, -0.15) is 0 Å². The number of guanidine groups is 1. The third kappa shape index (κ3) is 7.85. The number of quaternary nitrogens is 1. The Balaban J connectivity index is 1.42. The van der Waals surface area contributed by atoms with Crippen LogP contribution >= 0.6 is 11.6 Å². The van der Waals surface area contributed by atoms with Gasteiger partial charge in [-0.05, 0) is 32.3 Å². The van der Waals surface area contributed by atoms with E-state index in [1.54, 1.807) is 20.8 Å². The number of nitrogen functional groups attached to an aromatic ring is 2.